The van der Waals surface area contributed by atoms with Crippen LogP contribution in [0.25, 0.3) is 16.8 Å². The molecule has 2 heterocycles. The van der Waals surface area contributed by atoms with Crippen molar-refractivity contribution < 1.29 is 4.79 Å². The molecule has 0 aliphatic rings. The molecule has 6 nitrogen and oxygen atoms in total. The van der Waals surface area contributed by atoms with Crippen molar-refractivity contribution in [2.24, 2.45) is 5.73 Å². The Morgan fingerprint density at radius 1 is 0.906 bits per heavy atom. The fraction of sp³-hybridized carbons (Fsp3) is 0.192. The zero-order valence-corrected chi connectivity index (χ0v) is 18.6. The van der Waals surface area contributed by atoms with E-state index < -0.39 is 5.91 Å². The molecule has 4 rings (SSSR count). The third-order valence-electron chi connectivity index (χ3n) is 5.31. The molecule has 0 unspecified atom stereocenters. The second-order valence-corrected chi connectivity index (χ2v) is 8.31. The summed E-state index contributed by atoms with van der Waals surface area (Å²) < 4.78 is 1.73. The van der Waals surface area contributed by atoms with Crippen LogP contribution in [0.2, 0.25) is 0 Å². The number of carbonyl (C=O) groups excluding carboxylic acids is 1. The lowest BCUT2D eigenvalue weighted by Crippen LogP contribution is -2.12. The minimum absolute atomic E-state index is 0.272. The molecule has 0 aliphatic carbocycles. The fourth-order valence-electron chi connectivity index (χ4n) is 3.76. The van der Waals surface area contributed by atoms with E-state index in [1.54, 1.807) is 10.7 Å². The summed E-state index contributed by atoms with van der Waals surface area (Å²) in [6, 6.07) is 20.7. The van der Waals surface area contributed by atoms with E-state index in [0.717, 1.165) is 35.5 Å². The average molecular weight is 426 g/mol. The molecule has 0 fully saturated rings. The van der Waals surface area contributed by atoms with Gasteiger partial charge in [0.2, 0.25) is 0 Å². The molecule has 32 heavy (non-hydrogen) atoms. The Hall–Kier alpha value is -3.77. The first-order valence-electron chi connectivity index (χ1n) is 10.5. The van der Waals surface area contributed by atoms with Crippen LogP contribution in [0.5, 0.6) is 0 Å². The number of pyridine rings is 1. The number of rotatable bonds is 7. The van der Waals surface area contributed by atoms with E-state index in [2.05, 4.69) is 71.5 Å². The van der Waals surface area contributed by atoms with Crippen molar-refractivity contribution in [3.8, 4) is 16.8 Å². The van der Waals surface area contributed by atoms with Crippen LogP contribution in [0.4, 0.5) is 0 Å². The van der Waals surface area contributed by atoms with E-state index >= 15 is 0 Å². The molecular weight excluding hydrogens is 398 g/mol. The van der Waals surface area contributed by atoms with Gasteiger partial charge in [-0.05, 0) is 74.0 Å². The second-order valence-electron chi connectivity index (χ2n) is 8.31. The number of nitrogens with two attached hydrogens (primary N) is 1. The molecule has 0 radical (unpaired) electrons. The lowest BCUT2D eigenvalue weighted by molar-refractivity contribution is 0.0995. The molecule has 0 aliphatic heterocycles. The number of aromatic nitrogens is 3. The summed E-state index contributed by atoms with van der Waals surface area (Å²) in [6.45, 7) is 2.78. The quantitative estimate of drug-likeness (QED) is 0.486. The van der Waals surface area contributed by atoms with Crippen LogP contribution in [-0.4, -0.2) is 39.7 Å². The summed E-state index contributed by atoms with van der Waals surface area (Å²) in [4.78, 5) is 17.9. The summed E-state index contributed by atoms with van der Waals surface area (Å²) in [6.07, 6.45) is 4.67. The van der Waals surface area contributed by atoms with Gasteiger partial charge in [-0.3, -0.25) is 9.78 Å². The minimum atomic E-state index is -0.521. The molecule has 2 aromatic carbocycles. The number of benzene rings is 2. The average Bonchev–Trinajstić information content (AvgIpc) is 3.17. The van der Waals surface area contributed by atoms with Crippen molar-refractivity contribution in [1.82, 2.24) is 19.7 Å². The van der Waals surface area contributed by atoms with Crippen molar-refractivity contribution in [3.05, 3.63) is 101 Å². The fourth-order valence-corrected chi connectivity index (χ4v) is 3.76. The van der Waals surface area contributed by atoms with E-state index in [4.69, 9.17) is 5.73 Å². The van der Waals surface area contributed by atoms with Gasteiger partial charge in [-0.25, -0.2) is 4.68 Å². The number of aryl methyl sites for hydroxylation is 1. The largest absolute Gasteiger partial charge is 0.364 e. The molecule has 0 bridgehead atoms. The van der Waals surface area contributed by atoms with Crippen molar-refractivity contribution in [1.29, 1.82) is 0 Å². The summed E-state index contributed by atoms with van der Waals surface area (Å²) in [5.74, 6) is -0.521. The Morgan fingerprint density at radius 2 is 1.56 bits per heavy atom. The Labute approximate surface area is 188 Å². The zero-order chi connectivity index (χ0) is 22.7. The highest BCUT2D eigenvalue weighted by Crippen LogP contribution is 2.22. The van der Waals surface area contributed by atoms with Crippen LogP contribution < -0.4 is 5.73 Å². The predicted molar refractivity (Wildman–Crippen MR) is 127 cm³/mol. The minimum Gasteiger partial charge on any atom is -0.364 e. The van der Waals surface area contributed by atoms with Gasteiger partial charge in [0.1, 0.15) is 0 Å². The van der Waals surface area contributed by atoms with Gasteiger partial charge in [-0.1, -0.05) is 36.4 Å². The Morgan fingerprint density at radius 3 is 2.16 bits per heavy atom. The van der Waals surface area contributed by atoms with Gasteiger partial charge >= 0.3 is 0 Å². The number of hydrogen-bond acceptors (Lipinski definition) is 4. The normalized spacial score (nSPS) is 11.1. The molecule has 0 spiro atoms. The molecular formula is C26H27N5O. The van der Waals surface area contributed by atoms with Crippen LogP contribution in [0.15, 0.2) is 73.1 Å². The summed E-state index contributed by atoms with van der Waals surface area (Å²) >= 11 is 0. The van der Waals surface area contributed by atoms with E-state index in [9.17, 15) is 4.79 Å². The van der Waals surface area contributed by atoms with Crippen molar-refractivity contribution in [3.63, 3.8) is 0 Å². The Balaban J connectivity index is 1.47. The highest BCUT2D eigenvalue weighted by Gasteiger charge is 2.10. The van der Waals surface area contributed by atoms with Crippen molar-refractivity contribution in [2.45, 2.75) is 19.9 Å². The SMILES string of the molecule is Cc1cc(C(N)=O)nn1-c1ccc(Cc2ccc(-c3cncc(CN(C)C)c3)cc2)cc1. The zero-order valence-electron chi connectivity index (χ0n) is 18.6. The van der Waals surface area contributed by atoms with Gasteiger partial charge in [0, 0.05) is 30.2 Å². The van der Waals surface area contributed by atoms with Crippen molar-refractivity contribution in [2.75, 3.05) is 14.1 Å². The first-order chi connectivity index (χ1) is 15.4. The lowest BCUT2D eigenvalue weighted by atomic mass is 10.0. The maximum absolute atomic E-state index is 11.4. The maximum Gasteiger partial charge on any atom is 0.269 e. The number of amides is 1. The summed E-state index contributed by atoms with van der Waals surface area (Å²) in [5.41, 5.74) is 13.3. The van der Waals surface area contributed by atoms with Gasteiger partial charge in [0.05, 0.1) is 5.69 Å². The lowest BCUT2D eigenvalue weighted by Gasteiger charge is -2.11. The Kier molecular flexibility index (Phi) is 6.14. The summed E-state index contributed by atoms with van der Waals surface area (Å²) in [7, 11) is 4.12. The van der Waals surface area contributed by atoms with Crippen LogP contribution in [0.3, 0.4) is 0 Å². The second kappa shape index (κ2) is 9.16. The van der Waals surface area contributed by atoms with Gasteiger partial charge in [0.25, 0.3) is 5.91 Å². The summed E-state index contributed by atoms with van der Waals surface area (Å²) in [5, 5.41) is 4.29. The highest BCUT2D eigenvalue weighted by atomic mass is 16.1. The van der Waals surface area contributed by atoms with Crippen LogP contribution >= 0.6 is 0 Å². The molecule has 4 aromatic rings. The van der Waals surface area contributed by atoms with Gasteiger partial charge < -0.3 is 10.6 Å². The number of primary amides is 1. The van der Waals surface area contributed by atoms with E-state index in [1.807, 2.05) is 31.5 Å². The number of hydrogen-bond donors (Lipinski definition) is 1. The van der Waals surface area contributed by atoms with Crippen molar-refractivity contribution >= 4 is 5.91 Å². The van der Waals surface area contributed by atoms with E-state index in [0.29, 0.717) is 0 Å². The first kappa shape index (κ1) is 21.5. The van der Waals surface area contributed by atoms with Gasteiger partial charge in [0.15, 0.2) is 5.69 Å². The Bertz CT molecular complexity index is 1220. The smallest absolute Gasteiger partial charge is 0.269 e. The van der Waals surface area contributed by atoms with E-state index in [1.165, 1.54) is 16.7 Å². The number of carbonyl (C=O) groups is 1. The maximum atomic E-state index is 11.4. The van der Waals surface area contributed by atoms with Gasteiger partial charge in [-0.2, -0.15) is 5.10 Å². The molecule has 0 saturated heterocycles. The molecule has 0 atom stereocenters. The third kappa shape index (κ3) is 4.92. The molecule has 1 amide bonds. The molecule has 6 heteroatoms. The van der Waals surface area contributed by atoms with Crippen LogP contribution in [0, 0.1) is 6.92 Å². The van der Waals surface area contributed by atoms with Crippen LogP contribution in [-0.2, 0) is 13.0 Å². The first-order valence-corrected chi connectivity index (χ1v) is 10.5. The van der Waals surface area contributed by atoms with E-state index in [-0.39, 0.29) is 5.69 Å². The standard InChI is InChI=1S/C26H27N5O/c1-18-12-25(26(27)32)29-31(18)24-10-6-20(7-11-24)13-19-4-8-22(9-5-19)23-14-21(15-28-16-23)17-30(2)3/h4-12,14-16H,13,17H2,1-3H3,(H2,27,32). The topological polar surface area (TPSA) is 77.0 Å². The van der Waals surface area contributed by atoms with Crippen LogP contribution in [0.1, 0.15) is 32.9 Å². The highest BCUT2D eigenvalue weighted by molar-refractivity contribution is 5.90. The molecule has 0 saturated carbocycles. The molecule has 2 N–H and O–H groups in total. The predicted octanol–water partition coefficient (Wildman–Crippen LogP) is 3.99. The number of nitrogens with zero attached hydrogens (tertiary/aromatic N) is 4. The monoisotopic (exact) mass is 425 g/mol. The molecule has 2 aromatic heterocycles. The third-order valence-corrected chi connectivity index (χ3v) is 5.31. The van der Waals surface area contributed by atoms with Gasteiger partial charge in [-0.15, -0.1) is 0 Å². The molecule has 162 valence electrons.